The van der Waals surface area contributed by atoms with Gasteiger partial charge in [-0.15, -0.1) is 0 Å². The first-order valence-electron chi connectivity index (χ1n) is 4.25. The van der Waals surface area contributed by atoms with E-state index in [2.05, 4.69) is 5.43 Å². The third-order valence-electron chi connectivity index (χ3n) is 1.37. The van der Waals surface area contributed by atoms with Crippen LogP contribution in [0.1, 0.15) is 27.2 Å². The number of carbonyl (C=O) groups is 1. The number of thioether (sulfide) groups is 1. The largest absolute Gasteiger partial charge is 0.325 e. The lowest BCUT2D eigenvalue weighted by molar-refractivity contribution is -0.121. The SMILES string of the molecule is CC(CC(=O)NN)SCC(C)(C)N. The molecule has 0 aliphatic carbocycles. The first-order valence-corrected chi connectivity index (χ1v) is 5.30. The van der Waals surface area contributed by atoms with Crippen molar-refractivity contribution in [2.45, 2.75) is 38.0 Å². The standard InChI is InChI=1S/C8H19N3OS/c1-6(4-7(12)11-10)13-5-8(2,3)9/h6H,4-5,9-10H2,1-3H3,(H,11,12). The number of rotatable bonds is 5. The van der Waals surface area contributed by atoms with Crippen LogP contribution >= 0.6 is 11.8 Å². The van der Waals surface area contributed by atoms with Gasteiger partial charge in [-0.25, -0.2) is 5.84 Å². The summed E-state index contributed by atoms with van der Waals surface area (Å²) in [5, 5.41) is 0.256. The van der Waals surface area contributed by atoms with Crippen LogP contribution < -0.4 is 17.0 Å². The molecule has 5 heteroatoms. The van der Waals surface area contributed by atoms with Crippen molar-refractivity contribution in [2.24, 2.45) is 11.6 Å². The molecule has 0 bridgehead atoms. The number of amides is 1. The van der Waals surface area contributed by atoms with Crippen molar-refractivity contribution in [3.8, 4) is 0 Å². The van der Waals surface area contributed by atoms with E-state index < -0.39 is 0 Å². The maximum absolute atomic E-state index is 10.9. The van der Waals surface area contributed by atoms with Crippen molar-refractivity contribution >= 4 is 17.7 Å². The second kappa shape index (κ2) is 5.47. The van der Waals surface area contributed by atoms with Crippen LogP contribution in [-0.4, -0.2) is 22.4 Å². The van der Waals surface area contributed by atoms with Gasteiger partial charge in [0.05, 0.1) is 0 Å². The lowest BCUT2D eigenvalue weighted by atomic mass is 10.1. The van der Waals surface area contributed by atoms with Gasteiger partial charge in [-0.05, 0) is 13.8 Å². The van der Waals surface area contributed by atoms with E-state index in [-0.39, 0.29) is 16.7 Å². The van der Waals surface area contributed by atoms with Gasteiger partial charge < -0.3 is 5.73 Å². The molecule has 1 unspecified atom stereocenters. The Kier molecular flexibility index (Phi) is 5.36. The summed E-state index contributed by atoms with van der Waals surface area (Å²) in [6, 6.07) is 0. The second-order valence-corrected chi connectivity index (χ2v) is 5.31. The molecule has 0 aromatic rings. The predicted molar refractivity (Wildman–Crippen MR) is 57.1 cm³/mol. The average molecular weight is 205 g/mol. The fourth-order valence-corrected chi connectivity index (χ4v) is 1.72. The Hall–Kier alpha value is -0.260. The van der Waals surface area contributed by atoms with E-state index in [0.717, 1.165) is 5.75 Å². The number of nitrogens with one attached hydrogen (secondary N) is 1. The molecule has 0 aliphatic heterocycles. The van der Waals surface area contributed by atoms with Crippen LogP contribution in [0.5, 0.6) is 0 Å². The van der Waals surface area contributed by atoms with E-state index in [1.54, 1.807) is 11.8 Å². The zero-order valence-electron chi connectivity index (χ0n) is 8.46. The molecule has 1 atom stereocenters. The summed E-state index contributed by atoms with van der Waals surface area (Å²) in [6.07, 6.45) is 0.442. The Morgan fingerprint density at radius 3 is 2.54 bits per heavy atom. The first-order chi connectivity index (χ1) is 5.85. The van der Waals surface area contributed by atoms with Gasteiger partial charge in [0.1, 0.15) is 0 Å². The summed E-state index contributed by atoms with van der Waals surface area (Å²) in [7, 11) is 0. The summed E-state index contributed by atoms with van der Waals surface area (Å²) >= 11 is 1.69. The molecule has 0 fully saturated rings. The zero-order chi connectivity index (χ0) is 10.5. The van der Waals surface area contributed by atoms with E-state index >= 15 is 0 Å². The molecule has 4 nitrogen and oxygen atoms in total. The molecule has 0 saturated carbocycles. The van der Waals surface area contributed by atoms with Crippen LogP contribution in [0.15, 0.2) is 0 Å². The van der Waals surface area contributed by atoms with Crippen LogP contribution in [0.2, 0.25) is 0 Å². The second-order valence-electron chi connectivity index (χ2n) is 3.88. The zero-order valence-corrected chi connectivity index (χ0v) is 9.28. The highest BCUT2D eigenvalue weighted by Crippen LogP contribution is 2.18. The monoisotopic (exact) mass is 205 g/mol. The molecule has 0 radical (unpaired) electrons. The molecule has 0 aromatic heterocycles. The fourth-order valence-electron chi connectivity index (χ4n) is 0.736. The van der Waals surface area contributed by atoms with Crippen LogP contribution in [0.3, 0.4) is 0 Å². The fraction of sp³-hybridized carbons (Fsp3) is 0.875. The highest BCUT2D eigenvalue weighted by atomic mass is 32.2. The minimum atomic E-state index is -0.182. The minimum absolute atomic E-state index is 0.130. The first kappa shape index (κ1) is 12.7. The van der Waals surface area contributed by atoms with E-state index in [9.17, 15) is 4.79 Å². The molecular formula is C8H19N3OS. The molecule has 0 saturated heterocycles. The van der Waals surface area contributed by atoms with E-state index in [0.29, 0.717) is 6.42 Å². The van der Waals surface area contributed by atoms with Crippen LogP contribution in [0.25, 0.3) is 0 Å². The van der Waals surface area contributed by atoms with Crippen molar-refractivity contribution in [1.29, 1.82) is 0 Å². The summed E-state index contributed by atoms with van der Waals surface area (Å²) in [5.41, 5.74) is 7.73. The molecule has 0 heterocycles. The topological polar surface area (TPSA) is 81.1 Å². The summed E-state index contributed by atoms with van der Waals surface area (Å²) in [6.45, 7) is 5.93. The van der Waals surface area contributed by atoms with Gasteiger partial charge in [0.15, 0.2) is 0 Å². The molecule has 13 heavy (non-hydrogen) atoms. The number of hydrogen-bond acceptors (Lipinski definition) is 4. The normalized spacial score (nSPS) is 13.9. The highest BCUT2D eigenvalue weighted by molar-refractivity contribution is 7.99. The van der Waals surface area contributed by atoms with E-state index in [4.69, 9.17) is 11.6 Å². The quantitative estimate of drug-likeness (QED) is 0.341. The highest BCUT2D eigenvalue weighted by Gasteiger charge is 2.14. The smallest absolute Gasteiger partial charge is 0.234 e. The Balaban J connectivity index is 3.63. The number of carbonyl (C=O) groups excluding carboxylic acids is 1. The van der Waals surface area contributed by atoms with E-state index in [1.165, 1.54) is 0 Å². The average Bonchev–Trinajstić information content (AvgIpc) is 1.99. The van der Waals surface area contributed by atoms with Crippen LogP contribution in [-0.2, 0) is 4.79 Å². The van der Waals surface area contributed by atoms with Gasteiger partial charge in [-0.3, -0.25) is 10.2 Å². The summed E-state index contributed by atoms with van der Waals surface area (Å²) in [5.74, 6) is 5.68. The van der Waals surface area contributed by atoms with Gasteiger partial charge in [0, 0.05) is 23.0 Å². The molecule has 5 N–H and O–H groups in total. The maximum atomic E-state index is 10.9. The molecule has 0 spiro atoms. The van der Waals surface area contributed by atoms with Gasteiger partial charge in [-0.2, -0.15) is 11.8 Å². The van der Waals surface area contributed by atoms with Gasteiger partial charge in [-0.1, -0.05) is 6.92 Å². The van der Waals surface area contributed by atoms with Crippen molar-refractivity contribution in [1.82, 2.24) is 5.43 Å². The summed E-state index contributed by atoms with van der Waals surface area (Å²) < 4.78 is 0. The van der Waals surface area contributed by atoms with Crippen molar-refractivity contribution in [3.63, 3.8) is 0 Å². The van der Waals surface area contributed by atoms with Crippen molar-refractivity contribution in [3.05, 3.63) is 0 Å². The molecule has 0 aromatic carbocycles. The van der Waals surface area contributed by atoms with E-state index in [1.807, 2.05) is 20.8 Å². The Morgan fingerprint density at radius 1 is 1.62 bits per heavy atom. The maximum Gasteiger partial charge on any atom is 0.234 e. The van der Waals surface area contributed by atoms with Crippen LogP contribution in [0, 0.1) is 0 Å². The van der Waals surface area contributed by atoms with Gasteiger partial charge >= 0.3 is 0 Å². The van der Waals surface area contributed by atoms with Crippen LogP contribution in [0.4, 0.5) is 0 Å². The Morgan fingerprint density at radius 2 is 2.15 bits per heavy atom. The lowest BCUT2D eigenvalue weighted by Gasteiger charge is -2.20. The molecule has 1 amide bonds. The third-order valence-corrected chi connectivity index (χ3v) is 3.02. The lowest BCUT2D eigenvalue weighted by Crippen LogP contribution is -2.36. The Bertz CT molecular complexity index is 167. The molecular weight excluding hydrogens is 186 g/mol. The molecule has 0 aliphatic rings. The van der Waals surface area contributed by atoms with Gasteiger partial charge in [0.25, 0.3) is 0 Å². The van der Waals surface area contributed by atoms with Gasteiger partial charge in [0.2, 0.25) is 5.91 Å². The molecule has 0 rings (SSSR count). The van der Waals surface area contributed by atoms with Crippen molar-refractivity contribution in [2.75, 3.05) is 5.75 Å². The Labute approximate surface area is 83.8 Å². The third kappa shape index (κ3) is 8.08. The number of hydrazine groups is 1. The summed E-state index contributed by atoms with van der Waals surface area (Å²) in [4.78, 5) is 10.9. The minimum Gasteiger partial charge on any atom is -0.325 e. The number of hydrogen-bond donors (Lipinski definition) is 3. The molecule has 78 valence electrons. The predicted octanol–water partition coefficient (Wildman–Crippen LogP) is 0.225. The number of nitrogens with two attached hydrogens (primary N) is 2. The van der Waals surface area contributed by atoms with Crippen molar-refractivity contribution < 1.29 is 4.79 Å².